The van der Waals surface area contributed by atoms with E-state index in [0.717, 1.165) is 31.9 Å². The van der Waals surface area contributed by atoms with Crippen LogP contribution < -0.4 is 10.5 Å². The Morgan fingerprint density at radius 2 is 2.06 bits per heavy atom. The first-order valence-electron chi connectivity index (χ1n) is 6.25. The molecule has 2 N–H and O–H groups in total. The lowest BCUT2D eigenvalue weighted by atomic mass is 9.95. The zero-order valence-electron chi connectivity index (χ0n) is 10.1. The van der Waals surface area contributed by atoms with Gasteiger partial charge in [0.05, 0.1) is 25.3 Å². The van der Waals surface area contributed by atoms with E-state index in [1.807, 2.05) is 0 Å². The van der Waals surface area contributed by atoms with Crippen molar-refractivity contribution >= 4 is 0 Å². The number of ether oxygens (including phenoxy) is 2. The molecule has 0 spiro atoms. The van der Waals surface area contributed by atoms with E-state index < -0.39 is 0 Å². The molecule has 0 aromatic heterocycles. The third kappa shape index (κ3) is 2.09. The molecule has 1 fully saturated rings. The molecule has 0 saturated carbocycles. The Hall–Kier alpha value is -1.17. The van der Waals surface area contributed by atoms with Crippen molar-refractivity contribution < 1.29 is 13.9 Å². The highest BCUT2D eigenvalue weighted by molar-refractivity contribution is 5.39. The quantitative estimate of drug-likeness (QED) is 0.807. The third-order valence-electron chi connectivity index (χ3n) is 3.67. The summed E-state index contributed by atoms with van der Waals surface area (Å²) in [4.78, 5) is 2.29. The largest absolute Gasteiger partial charge is 0.491 e. The van der Waals surface area contributed by atoms with Crippen molar-refractivity contribution in [1.29, 1.82) is 0 Å². The van der Waals surface area contributed by atoms with Crippen LogP contribution in [0.3, 0.4) is 0 Å². The molecule has 0 aliphatic carbocycles. The molecule has 1 saturated heterocycles. The summed E-state index contributed by atoms with van der Waals surface area (Å²) >= 11 is 0. The molecule has 98 valence electrons. The predicted molar refractivity (Wildman–Crippen MR) is 65.0 cm³/mol. The van der Waals surface area contributed by atoms with Crippen LogP contribution in [0.15, 0.2) is 18.2 Å². The minimum Gasteiger partial charge on any atom is -0.491 e. The zero-order valence-corrected chi connectivity index (χ0v) is 10.1. The van der Waals surface area contributed by atoms with E-state index in [4.69, 9.17) is 15.2 Å². The molecule has 0 amide bonds. The number of rotatable bonds is 1. The molecule has 2 atom stereocenters. The second-order valence-corrected chi connectivity index (χ2v) is 4.73. The van der Waals surface area contributed by atoms with Crippen LogP contribution in [-0.4, -0.2) is 43.9 Å². The van der Waals surface area contributed by atoms with E-state index in [0.29, 0.717) is 12.4 Å². The van der Waals surface area contributed by atoms with Gasteiger partial charge in [-0.1, -0.05) is 6.07 Å². The number of nitrogens with zero attached hydrogens (tertiary/aromatic N) is 1. The SMILES string of the molecule is N[C@H]1c2ccc(F)cc2OCC1N1CCOCC1. The summed E-state index contributed by atoms with van der Waals surface area (Å²) in [6.45, 7) is 3.73. The minimum absolute atomic E-state index is 0.132. The highest BCUT2D eigenvalue weighted by Gasteiger charge is 2.33. The fourth-order valence-corrected chi connectivity index (χ4v) is 2.64. The lowest BCUT2D eigenvalue weighted by Crippen LogP contribution is -2.52. The molecule has 3 rings (SSSR count). The van der Waals surface area contributed by atoms with Gasteiger partial charge in [-0.15, -0.1) is 0 Å². The van der Waals surface area contributed by atoms with Crippen molar-refractivity contribution in [1.82, 2.24) is 4.90 Å². The molecule has 2 heterocycles. The molecular formula is C13H17FN2O2. The van der Waals surface area contributed by atoms with Crippen LogP contribution in [0.5, 0.6) is 5.75 Å². The van der Waals surface area contributed by atoms with E-state index in [9.17, 15) is 4.39 Å². The van der Waals surface area contributed by atoms with Crippen LogP contribution >= 0.6 is 0 Å². The fraction of sp³-hybridized carbons (Fsp3) is 0.538. The van der Waals surface area contributed by atoms with Crippen LogP contribution in [0.1, 0.15) is 11.6 Å². The zero-order chi connectivity index (χ0) is 12.5. The molecular weight excluding hydrogens is 235 g/mol. The lowest BCUT2D eigenvalue weighted by Gasteiger charge is -2.40. The van der Waals surface area contributed by atoms with Crippen LogP contribution in [0.25, 0.3) is 0 Å². The number of hydrogen-bond acceptors (Lipinski definition) is 4. The van der Waals surface area contributed by atoms with Gasteiger partial charge >= 0.3 is 0 Å². The molecule has 0 bridgehead atoms. The van der Waals surface area contributed by atoms with Gasteiger partial charge in [0.25, 0.3) is 0 Å². The molecule has 5 heteroatoms. The monoisotopic (exact) mass is 252 g/mol. The van der Waals surface area contributed by atoms with Crippen molar-refractivity contribution in [3.8, 4) is 5.75 Å². The van der Waals surface area contributed by atoms with Gasteiger partial charge in [-0.25, -0.2) is 4.39 Å². The van der Waals surface area contributed by atoms with Crippen LogP contribution in [0.2, 0.25) is 0 Å². The Morgan fingerprint density at radius 1 is 1.28 bits per heavy atom. The molecule has 4 nitrogen and oxygen atoms in total. The smallest absolute Gasteiger partial charge is 0.127 e. The first-order valence-corrected chi connectivity index (χ1v) is 6.25. The normalized spacial score (nSPS) is 28.6. The Kier molecular flexibility index (Phi) is 3.20. The van der Waals surface area contributed by atoms with Gasteiger partial charge in [0, 0.05) is 24.7 Å². The van der Waals surface area contributed by atoms with Crippen molar-refractivity contribution in [3.05, 3.63) is 29.6 Å². The number of halogens is 1. The summed E-state index contributed by atoms with van der Waals surface area (Å²) in [6.07, 6.45) is 0. The number of hydrogen-bond donors (Lipinski definition) is 1. The third-order valence-corrected chi connectivity index (χ3v) is 3.67. The first kappa shape index (κ1) is 11.9. The lowest BCUT2D eigenvalue weighted by molar-refractivity contribution is -0.00547. The highest BCUT2D eigenvalue weighted by Crippen LogP contribution is 2.33. The second kappa shape index (κ2) is 4.84. The Labute approximate surface area is 105 Å². The fourth-order valence-electron chi connectivity index (χ4n) is 2.64. The van der Waals surface area contributed by atoms with Gasteiger partial charge in [0.15, 0.2) is 0 Å². The van der Waals surface area contributed by atoms with Crippen LogP contribution in [0, 0.1) is 5.82 Å². The average Bonchev–Trinajstić information content (AvgIpc) is 2.40. The van der Waals surface area contributed by atoms with Gasteiger partial charge in [0.2, 0.25) is 0 Å². The van der Waals surface area contributed by atoms with Crippen molar-refractivity contribution in [2.75, 3.05) is 32.9 Å². The molecule has 0 radical (unpaired) electrons. The van der Waals surface area contributed by atoms with Gasteiger partial charge < -0.3 is 15.2 Å². The maximum Gasteiger partial charge on any atom is 0.127 e. The number of morpholine rings is 1. The summed E-state index contributed by atoms with van der Waals surface area (Å²) in [5.74, 6) is 0.290. The molecule has 18 heavy (non-hydrogen) atoms. The van der Waals surface area contributed by atoms with Crippen LogP contribution in [-0.2, 0) is 4.74 Å². The summed E-state index contributed by atoms with van der Waals surface area (Å²) in [5, 5.41) is 0. The number of nitrogens with two attached hydrogens (primary N) is 1. The van der Waals surface area contributed by atoms with E-state index >= 15 is 0 Å². The Morgan fingerprint density at radius 3 is 2.83 bits per heavy atom. The predicted octanol–water partition coefficient (Wildman–Crippen LogP) is 0.919. The van der Waals surface area contributed by atoms with Gasteiger partial charge in [0.1, 0.15) is 18.2 Å². The Balaban J connectivity index is 1.82. The second-order valence-electron chi connectivity index (χ2n) is 4.73. The van der Waals surface area contributed by atoms with Crippen LogP contribution in [0.4, 0.5) is 4.39 Å². The highest BCUT2D eigenvalue weighted by atomic mass is 19.1. The van der Waals surface area contributed by atoms with E-state index in [1.54, 1.807) is 6.07 Å². The molecule has 1 aromatic carbocycles. The maximum atomic E-state index is 13.1. The summed E-state index contributed by atoms with van der Waals surface area (Å²) in [6, 6.07) is 4.58. The summed E-state index contributed by atoms with van der Waals surface area (Å²) in [7, 11) is 0. The topological polar surface area (TPSA) is 47.7 Å². The number of benzene rings is 1. The molecule has 2 aliphatic rings. The van der Waals surface area contributed by atoms with Crippen molar-refractivity contribution in [2.24, 2.45) is 5.73 Å². The van der Waals surface area contributed by atoms with Gasteiger partial charge in [-0.3, -0.25) is 4.90 Å². The van der Waals surface area contributed by atoms with E-state index in [1.165, 1.54) is 12.1 Å². The summed E-state index contributed by atoms with van der Waals surface area (Å²) in [5.41, 5.74) is 7.17. The van der Waals surface area contributed by atoms with Gasteiger partial charge in [-0.05, 0) is 6.07 Å². The van der Waals surface area contributed by atoms with E-state index in [2.05, 4.69) is 4.90 Å². The average molecular weight is 252 g/mol. The minimum atomic E-state index is -0.286. The van der Waals surface area contributed by atoms with Crippen molar-refractivity contribution in [2.45, 2.75) is 12.1 Å². The molecule has 1 unspecified atom stereocenters. The maximum absolute atomic E-state index is 13.1. The van der Waals surface area contributed by atoms with Crippen molar-refractivity contribution in [3.63, 3.8) is 0 Å². The van der Waals surface area contributed by atoms with E-state index in [-0.39, 0.29) is 17.9 Å². The molecule has 1 aromatic rings. The molecule has 2 aliphatic heterocycles. The Bertz CT molecular complexity index is 435. The summed E-state index contributed by atoms with van der Waals surface area (Å²) < 4.78 is 24.1. The number of fused-ring (bicyclic) bond motifs is 1. The standard InChI is InChI=1S/C13H17FN2O2/c14-9-1-2-10-12(7-9)18-8-11(13(10)15)16-3-5-17-6-4-16/h1-2,7,11,13H,3-6,8,15H2/t11?,13-/m0/s1. The van der Waals surface area contributed by atoms with Gasteiger partial charge in [-0.2, -0.15) is 0 Å². The first-order chi connectivity index (χ1) is 8.75.